The van der Waals surface area contributed by atoms with Crippen molar-refractivity contribution in [2.75, 3.05) is 5.73 Å². The van der Waals surface area contributed by atoms with E-state index in [4.69, 9.17) is 10.2 Å². The lowest BCUT2D eigenvalue weighted by Crippen LogP contribution is -2.09. The molecule has 0 amide bonds. The molecule has 0 spiro atoms. The Hall–Kier alpha value is -2.37. The molecule has 0 saturated heterocycles. The van der Waals surface area contributed by atoms with E-state index in [0.29, 0.717) is 11.3 Å². The third-order valence-corrected chi connectivity index (χ3v) is 3.30. The van der Waals surface area contributed by atoms with Crippen LogP contribution in [0.4, 0.5) is 14.7 Å². The maximum atomic E-state index is 13.7. The van der Waals surface area contributed by atoms with Gasteiger partial charge in [-0.15, -0.1) is 0 Å². The molecule has 3 rings (SSSR count). The first-order valence-corrected chi connectivity index (χ1v) is 6.16. The summed E-state index contributed by atoms with van der Waals surface area (Å²) < 4.78 is 34.2. The summed E-state index contributed by atoms with van der Waals surface area (Å²) in [6.07, 6.45) is 0. The topological polar surface area (TPSA) is 57.0 Å². The van der Waals surface area contributed by atoms with Crippen molar-refractivity contribution in [1.29, 1.82) is 0 Å². The molecule has 4 nitrogen and oxygen atoms in total. The van der Waals surface area contributed by atoms with E-state index in [9.17, 15) is 8.78 Å². The Balaban J connectivity index is 2.23. The zero-order valence-electron chi connectivity index (χ0n) is 11.0. The van der Waals surface area contributed by atoms with Gasteiger partial charge in [-0.25, -0.2) is 13.8 Å². The fourth-order valence-corrected chi connectivity index (χ4v) is 2.35. The van der Waals surface area contributed by atoms with Crippen molar-refractivity contribution in [1.82, 2.24) is 9.55 Å². The van der Waals surface area contributed by atoms with Gasteiger partial charge in [-0.1, -0.05) is 0 Å². The smallest absolute Gasteiger partial charge is 0.202 e. The van der Waals surface area contributed by atoms with Crippen LogP contribution in [0, 0.1) is 18.6 Å². The van der Waals surface area contributed by atoms with Gasteiger partial charge in [0.25, 0.3) is 0 Å². The van der Waals surface area contributed by atoms with E-state index in [2.05, 4.69) is 4.98 Å². The highest BCUT2D eigenvalue weighted by molar-refractivity contribution is 5.79. The van der Waals surface area contributed by atoms with E-state index in [1.807, 2.05) is 19.9 Å². The number of nitrogens with zero attached hydrogens (tertiary/aromatic N) is 2. The van der Waals surface area contributed by atoms with Crippen LogP contribution in [0.2, 0.25) is 0 Å². The summed E-state index contributed by atoms with van der Waals surface area (Å²) in [7, 11) is 0. The Morgan fingerprint density at radius 3 is 2.70 bits per heavy atom. The Kier molecular flexibility index (Phi) is 2.74. The number of rotatable bonds is 2. The molecule has 0 saturated carbocycles. The minimum atomic E-state index is -0.728. The van der Waals surface area contributed by atoms with E-state index in [0.717, 1.165) is 11.8 Å². The van der Waals surface area contributed by atoms with Crippen LogP contribution in [-0.4, -0.2) is 9.55 Å². The Morgan fingerprint density at radius 1 is 1.30 bits per heavy atom. The third-order valence-electron chi connectivity index (χ3n) is 3.30. The highest BCUT2D eigenvalue weighted by Gasteiger charge is 2.20. The number of benzene rings is 1. The number of anilines is 1. The Labute approximate surface area is 113 Å². The number of aromatic nitrogens is 2. The van der Waals surface area contributed by atoms with Crippen LogP contribution in [0.5, 0.6) is 0 Å². The van der Waals surface area contributed by atoms with Gasteiger partial charge in [0.1, 0.15) is 22.9 Å². The number of fused-ring (bicyclic) bond motifs is 1. The van der Waals surface area contributed by atoms with E-state index in [1.54, 1.807) is 10.6 Å². The predicted octanol–water partition coefficient (Wildman–Crippen LogP) is 3.41. The lowest BCUT2D eigenvalue weighted by Gasteiger charge is -2.13. The van der Waals surface area contributed by atoms with E-state index in [1.165, 1.54) is 6.07 Å². The molecule has 0 radical (unpaired) electrons. The number of imidazole rings is 1. The lowest BCUT2D eigenvalue weighted by atomic mass is 10.2. The SMILES string of the molecule is Cc1ccc(C(C)n2c(N)nc3c(F)cc(F)cc32)o1. The molecule has 1 unspecified atom stereocenters. The normalized spacial score (nSPS) is 13.0. The average molecular weight is 277 g/mol. The van der Waals surface area contributed by atoms with Gasteiger partial charge < -0.3 is 10.2 Å². The molecule has 20 heavy (non-hydrogen) atoms. The maximum Gasteiger partial charge on any atom is 0.202 e. The molecule has 104 valence electrons. The molecule has 6 heteroatoms. The molecule has 2 heterocycles. The van der Waals surface area contributed by atoms with Gasteiger partial charge in [-0.3, -0.25) is 4.57 Å². The molecule has 2 aromatic heterocycles. The Morgan fingerprint density at radius 2 is 2.05 bits per heavy atom. The van der Waals surface area contributed by atoms with Gasteiger partial charge >= 0.3 is 0 Å². The zero-order valence-corrected chi connectivity index (χ0v) is 11.0. The monoisotopic (exact) mass is 277 g/mol. The van der Waals surface area contributed by atoms with Crippen LogP contribution in [-0.2, 0) is 0 Å². The van der Waals surface area contributed by atoms with Crippen molar-refractivity contribution in [3.05, 3.63) is 47.4 Å². The molecule has 0 aliphatic rings. The number of furan rings is 1. The molecule has 3 aromatic rings. The fourth-order valence-electron chi connectivity index (χ4n) is 2.35. The van der Waals surface area contributed by atoms with Gasteiger partial charge in [-0.05, 0) is 26.0 Å². The van der Waals surface area contributed by atoms with E-state index in [-0.39, 0.29) is 17.5 Å². The molecule has 0 aliphatic carbocycles. The van der Waals surface area contributed by atoms with Crippen LogP contribution in [0.25, 0.3) is 11.0 Å². The van der Waals surface area contributed by atoms with Crippen molar-refractivity contribution in [3.63, 3.8) is 0 Å². The van der Waals surface area contributed by atoms with Gasteiger partial charge in [-0.2, -0.15) is 0 Å². The zero-order chi connectivity index (χ0) is 14.4. The summed E-state index contributed by atoms with van der Waals surface area (Å²) in [5, 5.41) is 0. The average Bonchev–Trinajstić information content (AvgIpc) is 2.92. The van der Waals surface area contributed by atoms with Gasteiger partial charge in [0, 0.05) is 12.1 Å². The van der Waals surface area contributed by atoms with Crippen molar-refractivity contribution in [3.8, 4) is 0 Å². The van der Waals surface area contributed by atoms with Crippen molar-refractivity contribution in [2.24, 2.45) is 0 Å². The highest BCUT2D eigenvalue weighted by Crippen LogP contribution is 2.29. The maximum absolute atomic E-state index is 13.7. The molecular formula is C14H13F2N3O. The van der Waals surface area contributed by atoms with Gasteiger partial charge in [0.05, 0.1) is 11.6 Å². The molecule has 2 N–H and O–H groups in total. The second-order valence-electron chi connectivity index (χ2n) is 4.72. The minimum absolute atomic E-state index is 0.0547. The van der Waals surface area contributed by atoms with Crippen molar-refractivity contribution < 1.29 is 13.2 Å². The van der Waals surface area contributed by atoms with E-state index < -0.39 is 11.6 Å². The van der Waals surface area contributed by atoms with Crippen LogP contribution in [0.3, 0.4) is 0 Å². The minimum Gasteiger partial charge on any atom is -0.464 e. The van der Waals surface area contributed by atoms with E-state index >= 15 is 0 Å². The highest BCUT2D eigenvalue weighted by atomic mass is 19.1. The molecule has 0 bridgehead atoms. The first kappa shape index (κ1) is 12.7. The van der Waals surface area contributed by atoms with Crippen molar-refractivity contribution >= 4 is 17.0 Å². The Bertz CT molecular complexity index is 791. The standard InChI is InChI=1S/C14H13F2N3O/c1-7-3-4-12(20-7)8(2)19-11-6-9(15)5-10(16)13(11)18-14(19)17/h3-6,8H,1-2H3,(H2,17,18). The second-order valence-corrected chi connectivity index (χ2v) is 4.72. The molecule has 1 aromatic carbocycles. The van der Waals surface area contributed by atoms with Crippen molar-refractivity contribution in [2.45, 2.75) is 19.9 Å². The number of nitrogen functional groups attached to an aromatic ring is 1. The third kappa shape index (κ3) is 1.84. The number of nitrogens with two attached hydrogens (primary N) is 1. The largest absolute Gasteiger partial charge is 0.464 e. The quantitative estimate of drug-likeness (QED) is 0.781. The summed E-state index contributed by atoms with van der Waals surface area (Å²) in [5.41, 5.74) is 6.20. The number of aryl methyl sites for hydroxylation is 1. The summed E-state index contributed by atoms with van der Waals surface area (Å²) >= 11 is 0. The first-order chi connectivity index (χ1) is 9.47. The summed E-state index contributed by atoms with van der Waals surface area (Å²) in [6, 6.07) is 5.33. The first-order valence-electron chi connectivity index (χ1n) is 6.16. The van der Waals surface area contributed by atoms with Crippen LogP contribution in [0.1, 0.15) is 24.5 Å². The number of halogens is 2. The van der Waals surface area contributed by atoms with Crippen LogP contribution < -0.4 is 5.73 Å². The predicted molar refractivity (Wildman–Crippen MR) is 71.3 cm³/mol. The number of hydrogen-bond donors (Lipinski definition) is 1. The number of hydrogen-bond acceptors (Lipinski definition) is 3. The molecule has 1 atom stereocenters. The van der Waals surface area contributed by atoms with Gasteiger partial charge in [0.15, 0.2) is 5.82 Å². The van der Waals surface area contributed by atoms with Crippen LogP contribution >= 0.6 is 0 Å². The van der Waals surface area contributed by atoms with Crippen LogP contribution in [0.15, 0.2) is 28.7 Å². The lowest BCUT2D eigenvalue weighted by molar-refractivity contribution is 0.435. The molecule has 0 aliphatic heterocycles. The fraction of sp³-hybridized carbons (Fsp3) is 0.214. The summed E-state index contributed by atoms with van der Waals surface area (Å²) in [4.78, 5) is 3.96. The van der Waals surface area contributed by atoms with Gasteiger partial charge in [0.2, 0.25) is 5.95 Å². The summed E-state index contributed by atoms with van der Waals surface area (Å²) in [6.45, 7) is 3.66. The molecular weight excluding hydrogens is 264 g/mol. The summed E-state index contributed by atoms with van der Waals surface area (Å²) in [5.74, 6) is 0.128. The molecule has 0 fully saturated rings. The second kappa shape index (κ2) is 4.33.